The number of fused-ring (bicyclic) bond motifs is 1. The molecule has 0 bridgehead atoms. The molecule has 2 unspecified atom stereocenters. The van der Waals surface area contributed by atoms with Crippen molar-refractivity contribution in [2.75, 3.05) is 7.05 Å². The van der Waals surface area contributed by atoms with Crippen LogP contribution in [0.5, 0.6) is 0 Å². The highest BCUT2D eigenvalue weighted by Gasteiger charge is 2.38. The summed E-state index contributed by atoms with van der Waals surface area (Å²) in [5.74, 6) is 0.965. The molecule has 1 amide bonds. The van der Waals surface area contributed by atoms with E-state index in [9.17, 15) is 4.79 Å². The Hall–Kier alpha value is -1.31. The van der Waals surface area contributed by atoms with Gasteiger partial charge in [0.15, 0.2) is 0 Å². The lowest BCUT2D eigenvalue weighted by Crippen LogP contribution is -2.18. The van der Waals surface area contributed by atoms with Crippen LogP contribution in [0.25, 0.3) is 0 Å². The zero-order chi connectivity index (χ0) is 13.1. The second-order valence-electron chi connectivity index (χ2n) is 5.44. The second-order valence-corrected chi connectivity index (χ2v) is 5.44. The maximum absolute atomic E-state index is 11.6. The maximum atomic E-state index is 11.6. The molecule has 1 aliphatic rings. The zero-order valence-electron chi connectivity index (χ0n) is 11.6. The van der Waals surface area contributed by atoms with Crippen LogP contribution >= 0.6 is 0 Å². The summed E-state index contributed by atoms with van der Waals surface area (Å²) in [7, 11) is 1.70. The van der Waals surface area contributed by atoms with Crippen molar-refractivity contribution >= 4 is 5.91 Å². The SMILES string of the molecule is CCCC(C)CCc1ccc2c(c1)C2C(=O)NC. The van der Waals surface area contributed by atoms with E-state index in [1.807, 2.05) is 0 Å². The van der Waals surface area contributed by atoms with Crippen molar-refractivity contribution in [1.82, 2.24) is 5.32 Å². The summed E-state index contributed by atoms with van der Waals surface area (Å²) in [5, 5.41) is 2.72. The van der Waals surface area contributed by atoms with E-state index in [2.05, 4.69) is 37.4 Å². The number of carbonyl (C=O) groups is 1. The third kappa shape index (κ3) is 2.74. The van der Waals surface area contributed by atoms with E-state index in [0.29, 0.717) is 0 Å². The summed E-state index contributed by atoms with van der Waals surface area (Å²) in [5.41, 5.74) is 3.82. The first-order chi connectivity index (χ1) is 8.67. The number of benzene rings is 1. The standard InChI is InChI=1S/C16H23NO/c1-4-5-11(2)6-7-12-8-9-13-14(10-12)15(13)16(18)17-3/h8-11,15H,4-7H2,1-3H3,(H,17,18). The quantitative estimate of drug-likeness (QED) is 0.819. The number of rotatable bonds is 6. The fourth-order valence-electron chi connectivity index (χ4n) is 2.69. The minimum Gasteiger partial charge on any atom is -0.358 e. The van der Waals surface area contributed by atoms with Gasteiger partial charge in [0.25, 0.3) is 0 Å². The summed E-state index contributed by atoms with van der Waals surface area (Å²) in [6, 6.07) is 6.52. The van der Waals surface area contributed by atoms with Gasteiger partial charge in [-0.25, -0.2) is 0 Å². The summed E-state index contributed by atoms with van der Waals surface area (Å²) in [6.07, 6.45) is 4.96. The Labute approximate surface area is 110 Å². The van der Waals surface area contributed by atoms with E-state index in [1.165, 1.54) is 36.0 Å². The van der Waals surface area contributed by atoms with Crippen molar-refractivity contribution in [3.8, 4) is 0 Å². The summed E-state index contributed by atoms with van der Waals surface area (Å²) >= 11 is 0. The molecule has 2 nitrogen and oxygen atoms in total. The van der Waals surface area contributed by atoms with Crippen LogP contribution in [0.15, 0.2) is 18.2 Å². The molecule has 2 heteroatoms. The molecule has 18 heavy (non-hydrogen) atoms. The van der Waals surface area contributed by atoms with E-state index >= 15 is 0 Å². The van der Waals surface area contributed by atoms with Crippen molar-refractivity contribution in [2.45, 2.75) is 45.4 Å². The van der Waals surface area contributed by atoms with Crippen LogP contribution in [0.3, 0.4) is 0 Å². The number of likely N-dealkylation sites (N-methyl/N-ethyl adjacent to an activating group) is 1. The molecule has 0 saturated heterocycles. The first-order valence-corrected chi connectivity index (χ1v) is 7.01. The van der Waals surface area contributed by atoms with Crippen LogP contribution in [-0.2, 0) is 11.2 Å². The van der Waals surface area contributed by atoms with Gasteiger partial charge in [0.05, 0.1) is 5.92 Å². The van der Waals surface area contributed by atoms with Gasteiger partial charge >= 0.3 is 0 Å². The van der Waals surface area contributed by atoms with E-state index in [0.717, 1.165) is 12.3 Å². The molecule has 98 valence electrons. The molecular formula is C16H23NO. The summed E-state index contributed by atoms with van der Waals surface area (Å²) < 4.78 is 0. The van der Waals surface area contributed by atoms with Gasteiger partial charge in [-0.05, 0) is 35.4 Å². The molecule has 0 aromatic heterocycles. The Balaban J connectivity index is 1.91. The average Bonchev–Trinajstić information content (AvgIpc) is 3.09. The molecule has 0 fully saturated rings. The predicted octanol–water partition coefficient (Wildman–Crippen LogP) is 3.25. The van der Waals surface area contributed by atoms with Gasteiger partial charge in [-0.2, -0.15) is 0 Å². The normalized spacial score (nSPS) is 18.1. The van der Waals surface area contributed by atoms with Crippen LogP contribution in [-0.4, -0.2) is 13.0 Å². The Bertz CT molecular complexity index is 439. The van der Waals surface area contributed by atoms with Crippen molar-refractivity contribution in [3.63, 3.8) is 0 Å². The van der Waals surface area contributed by atoms with Crippen LogP contribution in [0.1, 0.15) is 55.7 Å². The molecule has 0 saturated carbocycles. The zero-order valence-corrected chi connectivity index (χ0v) is 11.6. The van der Waals surface area contributed by atoms with Crippen LogP contribution < -0.4 is 5.32 Å². The number of amides is 1. The molecule has 0 radical (unpaired) electrons. The first kappa shape index (κ1) is 13.1. The molecule has 1 aliphatic carbocycles. The molecular weight excluding hydrogens is 222 g/mol. The van der Waals surface area contributed by atoms with Crippen LogP contribution in [0.4, 0.5) is 0 Å². The lowest BCUT2D eigenvalue weighted by molar-refractivity contribution is -0.120. The highest BCUT2D eigenvalue weighted by Crippen LogP contribution is 2.43. The van der Waals surface area contributed by atoms with Crippen molar-refractivity contribution in [2.24, 2.45) is 5.92 Å². The van der Waals surface area contributed by atoms with Gasteiger partial charge in [-0.1, -0.05) is 44.9 Å². The van der Waals surface area contributed by atoms with Crippen molar-refractivity contribution in [1.29, 1.82) is 0 Å². The van der Waals surface area contributed by atoms with E-state index in [4.69, 9.17) is 0 Å². The van der Waals surface area contributed by atoms with Crippen molar-refractivity contribution < 1.29 is 4.79 Å². The number of carbonyl (C=O) groups excluding carboxylic acids is 1. The molecule has 2 atom stereocenters. The van der Waals surface area contributed by atoms with Gasteiger partial charge in [0, 0.05) is 7.05 Å². The Morgan fingerprint density at radius 1 is 1.33 bits per heavy atom. The summed E-state index contributed by atoms with van der Waals surface area (Å²) in [4.78, 5) is 11.6. The largest absolute Gasteiger partial charge is 0.358 e. The smallest absolute Gasteiger partial charge is 0.231 e. The van der Waals surface area contributed by atoms with Gasteiger partial charge in [-0.15, -0.1) is 0 Å². The number of hydrogen-bond donors (Lipinski definition) is 1. The van der Waals surface area contributed by atoms with Gasteiger partial charge in [0.2, 0.25) is 5.91 Å². The van der Waals surface area contributed by atoms with Crippen LogP contribution in [0, 0.1) is 5.92 Å². The Morgan fingerprint density at radius 3 is 2.78 bits per heavy atom. The van der Waals surface area contributed by atoms with Crippen molar-refractivity contribution in [3.05, 3.63) is 34.9 Å². The van der Waals surface area contributed by atoms with Crippen LogP contribution in [0.2, 0.25) is 0 Å². The molecule has 0 aliphatic heterocycles. The Morgan fingerprint density at radius 2 is 2.11 bits per heavy atom. The van der Waals surface area contributed by atoms with Gasteiger partial charge in [0.1, 0.15) is 0 Å². The maximum Gasteiger partial charge on any atom is 0.231 e. The molecule has 0 heterocycles. The van der Waals surface area contributed by atoms with Gasteiger partial charge < -0.3 is 5.32 Å². The van der Waals surface area contributed by atoms with E-state index < -0.39 is 0 Å². The minimum atomic E-state index is 0.0387. The third-order valence-electron chi connectivity index (χ3n) is 3.91. The highest BCUT2D eigenvalue weighted by atomic mass is 16.1. The third-order valence-corrected chi connectivity index (χ3v) is 3.91. The predicted molar refractivity (Wildman–Crippen MR) is 74.7 cm³/mol. The molecule has 0 spiro atoms. The summed E-state index contributed by atoms with van der Waals surface area (Å²) in [6.45, 7) is 4.57. The lowest BCUT2D eigenvalue weighted by atomic mass is 9.97. The number of aryl methyl sites for hydroxylation is 1. The molecule has 1 N–H and O–H groups in total. The Kier molecular flexibility index (Phi) is 4.05. The van der Waals surface area contributed by atoms with E-state index in [-0.39, 0.29) is 11.8 Å². The van der Waals surface area contributed by atoms with Gasteiger partial charge in [-0.3, -0.25) is 4.79 Å². The lowest BCUT2D eigenvalue weighted by Gasteiger charge is -2.09. The molecule has 1 aromatic rings. The number of hydrogen-bond acceptors (Lipinski definition) is 1. The topological polar surface area (TPSA) is 29.1 Å². The number of nitrogens with one attached hydrogen (secondary N) is 1. The fraction of sp³-hybridized carbons (Fsp3) is 0.562. The first-order valence-electron chi connectivity index (χ1n) is 7.01. The monoisotopic (exact) mass is 245 g/mol. The molecule has 1 aromatic carbocycles. The van der Waals surface area contributed by atoms with E-state index in [1.54, 1.807) is 7.05 Å². The highest BCUT2D eigenvalue weighted by molar-refractivity contribution is 5.94. The second kappa shape index (κ2) is 5.55. The molecule has 2 rings (SSSR count). The average molecular weight is 245 g/mol. The minimum absolute atomic E-state index is 0.0387. The fourth-order valence-corrected chi connectivity index (χ4v) is 2.69.